The zero-order chi connectivity index (χ0) is 17.2. The topological polar surface area (TPSA) is 56.1 Å². The van der Waals surface area contributed by atoms with Crippen LogP contribution in [-0.4, -0.2) is 29.5 Å². The van der Waals surface area contributed by atoms with Gasteiger partial charge in [-0.05, 0) is 46.5 Å². The van der Waals surface area contributed by atoms with Gasteiger partial charge in [-0.15, -0.1) is 0 Å². The van der Waals surface area contributed by atoms with E-state index in [9.17, 15) is 9.18 Å². The van der Waals surface area contributed by atoms with Gasteiger partial charge in [0.05, 0.1) is 11.9 Å². The molecule has 24 heavy (non-hydrogen) atoms. The molecule has 2 aromatic rings. The van der Waals surface area contributed by atoms with Crippen LogP contribution >= 0.6 is 15.9 Å². The van der Waals surface area contributed by atoms with E-state index in [-0.39, 0.29) is 16.8 Å². The third-order valence-corrected chi connectivity index (χ3v) is 5.37. The van der Waals surface area contributed by atoms with Gasteiger partial charge < -0.3 is 10.1 Å². The standard InChI is InChI=1S/C17H19BrFN3O2/c1-22-16(23)15(18)14(10-21-22)20-11-17(6-8-24-9-7-17)12-2-4-13(19)5-3-12/h2-5,10,20H,6-9,11H2,1H3. The van der Waals surface area contributed by atoms with Crippen molar-refractivity contribution in [3.05, 3.63) is 56.7 Å². The molecule has 0 saturated carbocycles. The molecule has 0 unspecified atom stereocenters. The second-order valence-corrected chi connectivity index (χ2v) is 6.85. The molecule has 1 fully saturated rings. The molecule has 0 spiro atoms. The fourth-order valence-corrected chi connectivity index (χ4v) is 3.53. The number of aromatic nitrogens is 2. The largest absolute Gasteiger partial charge is 0.382 e. The van der Waals surface area contributed by atoms with E-state index < -0.39 is 0 Å². The molecule has 1 saturated heterocycles. The van der Waals surface area contributed by atoms with E-state index in [1.165, 1.54) is 16.8 Å². The van der Waals surface area contributed by atoms with Crippen molar-refractivity contribution in [2.45, 2.75) is 18.3 Å². The third-order valence-electron chi connectivity index (χ3n) is 4.60. The summed E-state index contributed by atoms with van der Waals surface area (Å²) in [6.07, 6.45) is 3.30. The Bertz CT molecular complexity index is 770. The Morgan fingerprint density at radius 2 is 2.00 bits per heavy atom. The predicted molar refractivity (Wildman–Crippen MR) is 93.8 cm³/mol. The maximum Gasteiger partial charge on any atom is 0.282 e. The van der Waals surface area contributed by atoms with E-state index in [1.54, 1.807) is 13.2 Å². The number of hydrogen-bond acceptors (Lipinski definition) is 4. The number of nitrogens with one attached hydrogen (secondary N) is 1. The summed E-state index contributed by atoms with van der Waals surface area (Å²) in [7, 11) is 1.61. The number of halogens is 2. The number of anilines is 1. The van der Waals surface area contributed by atoms with Crippen molar-refractivity contribution in [3.63, 3.8) is 0 Å². The van der Waals surface area contributed by atoms with Gasteiger partial charge in [0.2, 0.25) is 0 Å². The van der Waals surface area contributed by atoms with Gasteiger partial charge in [-0.1, -0.05) is 12.1 Å². The van der Waals surface area contributed by atoms with Crippen LogP contribution < -0.4 is 10.9 Å². The Morgan fingerprint density at radius 3 is 2.67 bits per heavy atom. The molecule has 0 amide bonds. The van der Waals surface area contributed by atoms with Gasteiger partial charge in [-0.2, -0.15) is 5.10 Å². The monoisotopic (exact) mass is 395 g/mol. The molecule has 2 heterocycles. The molecule has 0 atom stereocenters. The quantitative estimate of drug-likeness (QED) is 0.864. The second kappa shape index (κ2) is 7.03. The van der Waals surface area contributed by atoms with Crippen LogP contribution in [0.15, 0.2) is 39.7 Å². The van der Waals surface area contributed by atoms with E-state index in [2.05, 4.69) is 26.3 Å². The van der Waals surface area contributed by atoms with Crippen LogP contribution in [-0.2, 0) is 17.2 Å². The summed E-state index contributed by atoms with van der Waals surface area (Å²) in [5, 5.41) is 7.38. The van der Waals surface area contributed by atoms with Gasteiger partial charge in [0.15, 0.2) is 0 Å². The van der Waals surface area contributed by atoms with Crippen LogP contribution in [0.2, 0.25) is 0 Å². The van der Waals surface area contributed by atoms with E-state index in [4.69, 9.17) is 4.74 Å². The highest BCUT2D eigenvalue weighted by molar-refractivity contribution is 9.10. The molecule has 1 aromatic heterocycles. The molecule has 128 valence electrons. The molecule has 5 nitrogen and oxygen atoms in total. The molecule has 1 aliphatic rings. The summed E-state index contributed by atoms with van der Waals surface area (Å²) >= 11 is 3.33. The fraction of sp³-hybridized carbons (Fsp3) is 0.412. The van der Waals surface area contributed by atoms with Gasteiger partial charge in [-0.3, -0.25) is 4.79 Å². The highest BCUT2D eigenvalue weighted by Crippen LogP contribution is 2.35. The number of aryl methyl sites for hydroxylation is 1. The second-order valence-electron chi connectivity index (χ2n) is 6.05. The molecule has 1 aliphatic heterocycles. The van der Waals surface area contributed by atoms with Crippen molar-refractivity contribution in [2.75, 3.05) is 25.1 Å². The number of ether oxygens (including phenoxy) is 1. The Labute approximate surface area is 148 Å². The smallest absolute Gasteiger partial charge is 0.282 e. The zero-order valence-corrected chi connectivity index (χ0v) is 15.0. The number of nitrogens with zero attached hydrogens (tertiary/aromatic N) is 2. The lowest BCUT2D eigenvalue weighted by atomic mass is 9.74. The Kier molecular flexibility index (Phi) is 5.01. The lowest BCUT2D eigenvalue weighted by Gasteiger charge is -2.38. The molecule has 0 aliphatic carbocycles. The van der Waals surface area contributed by atoms with Crippen LogP contribution in [0.4, 0.5) is 10.1 Å². The summed E-state index contributed by atoms with van der Waals surface area (Å²) in [6.45, 7) is 1.94. The first kappa shape index (κ1) is 17.1. The van der Waals surface area contributed by atoms with Crippen LogP contribution in [0.3, 0.4) is 0 Å². The molecule has 1 aromatic carbocycles. The average Bonchev–Trinajstić information content (AvgIpc) is 2.60. The van der Waals surface area contributed by atoms with E-state index in [1.807, 2.05) is 12.1 Å². The summed E-state index contributed by atoms with van der Waals surface area (Å²) < 4.78 is 20.5. The van der Waals surface area contributed by atoms with Crippen LogP contribution in [0.1, 0.15) is 18.4 Å². The minimum Gasteiger partial charge on any atom is -0.382 e. The molecule has 1 N–H and O–H groups in total. The molecular formula is C17H19BrFN3O2. The number of benzene rings is 1. The van der Waals surface area contributed by atoms with Gasteiger partial charge >= 0.3 is 0 Å². The van der Waals surface area contributed by atoms with E-state index in [0.717, 1.165) is 18.4 Å². The third kappa shape index (κ3) is 3.37. The van der Waals surface area contributed by atoms with Gasteiger partial charge in [0.25, 0.3) is 5.56 Å². The van der Waals surface area contributed by atoms with Gasteiger partial charge in [0, 0.05) is 32.2 Å². The van der Waals surface area contributed by atoms with Crippen molar-refractivity contribution in [1.29, 1.82) is 0 Å². The van der Waals surface area contributed by atoms with Gasteiger partial charge in [-0.25, -0.2) is 9.07 Å². The highest BCUT2D eigenvalue weighted by atomic mass is 79.9. The Morgan fingerprint density at radius 1 is 1.33 bits per heavy atom. The van der Waals surface area contributed by atoms with E-state index >= 15 is 0 Å². The van der Waals surface area contributed by atoms with Crippen molar-refractivity contribution in [3.8, 4) is 0 Å². The lowest BCUT2D eigenvalue weighted by molar-refractivity contribution is 0.0543. The first-order valence-electron chi connectivity index (χ1n) is 7.81. The minimum atomic E-state index is -0.243. The molecule has 0 bridgehead atoms. The first-order valence-corrected chi connectivity index (χ1v) is 8.61. The summed E-state index contributed by atoms with van der Waals surface area (Å²) in [4.78, 5) is 12.0. The van der Waals surface area contributed by atoms with Crippen molar-refractivity contribution in [2.24, 2.45) is 7.05 Å². The van der Waals surface area contributed by atoms with E-state index in [0.29, 0.717) is 29.9 Å². The molecule has 7 heteroatoms. The first-order chi connectivity index (χ1) is 11.5. The van der Waals surface area contributed by atoms with Crippen LogP contribution in [0.5, 0.6) is 0 Å². The lowest BCUT2D eigenvalue weighted by Crippen LogP contribution is -2.40. The zero-order valence-electron chi connectivity index (χ0n) is 13.4. The number of hydrogen-bond donors (Lipinski definition) is 1. The summed E-state index contributed by atoms with van der Waals surface area (Å²) in [6, 6.07) is 6.64. The maximum absolute atomic E-state index is 13.3. The summed E-state index contributed by atoms with van der Waals surface area (Å²) in [5.74, 6) is -0.243. The van der Waals surface area contributed by atoms with Gasteiger partial charge in [0.1, 0.15) is 10.3 Å². The average molecular weight is 396 g/mol. The SMILES string of the molecule is Cn1ncc(NCC2(c3ccc(F)cc3)CCOCC2)c(Br)c1=O. The fourth-order valence-electron chi connectivity index (χ4n) is 3.03. The minimum absolute atomic E-state index is 0.160. The number of rotatable bonds is 4. The molecule has 3 rings (SSSR count). The highest BCUT2D eigenvalue weighted by Gasteiger charge is 2.34. The van der Waals surface area contributed by atoms with Crippen molar-refractivity contribution in [1.82, 2.24) is 9.78 Å². The Hall–Kier alpha value is -1.73. The predicted octanol–water partition coefficient (Wildman–Crippen LogP) is 2.84. The summed E-state index contributed by atoms with van der Waals surface area (Å²) in [5.41, 5.74) is 1.38. The van der Waals surface area contributed by atoms with Crippen LogP contribution in [0.25, 0.3) is 0 Å². The Balaban J connectivity index is 1.87. The normalized spacial score (nSPS) is 16.8. The molecule has 0 radical (unpaired) electrons. The van der Waals surface area contributed by atoms with Crippen molar-refractivity contribution >= 4 is 21.6 Å². The van der Waals surface area contributed by atoms with Crippen LogP contribution in [0, 0.1) is 5.82 Å². The molecular weight excluding hydrogens is 377 g/mol. The van der Waals surface area contributed by atoms with Crippen molar-refractivity contribution < 1.29 is 9.13 Å². The maximum atomic E-state index is 13.3.